The van der Waals surface area contributed by atoms with E-state index < -0.39 is 36.1 Å². The van der Waals surface area contributed by atoms with E-state index in [1.165, 1.54) is 0 Å². The summed E-state index contributed by atoms with van der Waals surface area (Å²) in [6.45, 7) is 5.00. The third kappa shape index (κ3) is 4.97. The number of rotatable bonds is 6. The number of esters is 1. The summed E-state index contributed by atoms with van der Waals surface area (Å²) in [6, 6.07) is 14.3. The molecule has 0 saturated heterocycles. The first kappa shape index (κ1) is 21.4. The van der Waals surface area contributed by atoms with E-state index in [4.69, 9.17) is 9.47 Å². The van der Waals surface area contributed by atoms with Crippen LogP contribution in [-0.2, 0) is 19.1 Å². The first-order chi connectivity index (χ1) is 14.2. The van der Waals surface area contributed by atoms with Crippen LogP contribution in [0, 0.1) is 0 Å². The zero-order valence-corrected chi connectivity index (χ0v) is 17.1. The molecule has 1 atom stereocenters. The highest BCUT2D eigenvalue weighted by molar-refractivity contribution is 5.85. The van der Waals surface area contributed by atoms with Gasteiger partial charge in [0.05, 0.1) is 0 Å². The van der Waals surface area contributed by atoms with Crippen LogP contribution < -0.4 is 10.4 Å². The molecule has 30 heavy (non-hydrogen) atoms. The lowest BCUT2D eigenvalue weighted by molar-refractivity contribution is -0.306. The second-order valence-electron chi connectivity index (χ2n) is 8.13. The molecule has 0 fully saturated rings. The van der Waals surface area contributed by atoms with Gasteiger partial charge in [-0.1, -0.05) is 48.5 Å². The zero-order valence-electron chi connectivity index (χ0n) is 17.1. The molecule has 0 aromatic heterocycles. The van der Waals surface area contributed by atoms with Crippen LogP contribution in [0.3, 0.4) is 0 Å². The van der Waals surface area contributed by atoms with E-state index in [2.05, 4.69) is 5.32 Å². The normalized spacial score (nSPS) is 13.7. The molecule has 1 aliphatic rings. The number of nitrogens with one attached hydrogen (secondary N) is 1. The van der Waals surface area contributed by atoms with Crippen LogP contribution in [0.25, 0.3) is 11.1 Å². The van der Waals surface area contributed by atoms with Crippen molar-refractivity contribution in [1.82, 2.24) is 5.32 Å². The number of carbonyl (C=O) groups is 3. The number of carboxylic acids is 1. The van der Waals surface area contributed by atoms with Crippen molar-refractivity contribution in [2.45, 2.75) is 44.8 Å². The summed E-state index contributed by atoms with van der Waals surface area (Å²) in [5, 5.41) is 13.3. The minimum atomic E-state index is -1.48. The molecule has 1 aliphatic carbocycles. The van der Waals surface area contributed by atoms with Gasteiger partial charge in [0, 0.05) is 18.3 Å². The van der Waals surface area contributed by atoms with Crippen LogP contribution in [0.15, 0.2) is 48.5 Å². The van der Waals surface area contributed by atoms with Gasteiger partial charge in [-0.15, -0.1) is 0 Å². The molecule has 158 valence electrons. The van der Waals surface area contributed by atoms with Crippen molar-refractivity contribution in [3.63, 3.8) is 0 Å². The maximum absolute atomic E-state index is 12.6. The van der Waals surface area contributed by atoms with Gasteiger partial charge in [0.25, 0.3) is 0 Å². The SMILES string of the molecule is CC(C)(C)OC(=O)N[C@@H](CC(=O)[O-])C(=O)OCC1c2ccccc2-c2ccccc21. The van der Waals surface area contributed by atoms with Gasteiger partial charge in [-0.2, -0.15) is 0 Å². The van der Waals surface area contributed by atoms with Gasteiger partial charge in [0.2, 0.25) is 0 Å². The second kappa shape index (κ2) is 8.57. The molecule has 0 spiro atoms. The maximum atomic E-state index is 12.6. The Balaban J connectivity index is 1.72. The third-order valence-corrected chi connectivity index (χ3v) is 4.70. The summed E-state index contributed by atoms with van der Waals surface area (Å²) in [5.74, 6) is -2.51. The molecule has 0 unspecified atom stereocenters. The molecule has 0 radical (unpaired) electrons. The van der Waals surface area contributed by atoms with Crippen LogP contribution >= 0.6 is 0 Å². The quantitative estimate of drug-likeness (QED) is 0.733. The van der Waals surface area contributed by atoms with Crippen molar-refractivity contribution in [3.8, 4) is 11.1 Å². The van der Waals surface area contributed by atoms with Gasteiger partial charge in [-0.05, 0) is 43.0 Å². The lowest BCUT2D eigenvalue weighted by Gasteiger charge is -2.23. The number of hydrogen-bond acceptors (Lipinski definition) is 6. The molecule has 1 amide bonds. The third-order valence-electron chi connectivity index (χ3n) is 4.70. The minimum absolute atomic E-state index is 0.0202. The van der Waals surface area contributed by atoms with E-state index in [0.29, 0.717) is 0 Å². The lowest BCUT2D eigenvalue weighted by atomic mass is 9.98. The van der Waals surface area contributed by atoms with Crippen LogP contribution in [-0.4, -0.2) is 36.3 Å². The van der Waals surface area contributed by atoms with Crippen LogP contribution in [0.1, 0.15) is 44.2 Å². The summed E-state index contributed by atoms with van der Waals surface area (Å²) >= 11 is 0. The average molecular weight is 410 g/mol. The fourth-order valence-corrected chi connectivity index (χ4v) is 3.52. The number of benzene rings is 2. The molecule has 1 N–H and O–H groups in total. The Hall–Kier alpha value is -3.35. The summed E-state index contributed by atoms with van der Waals surface area (Å²) in [4.78, 5) is 35.6. The van der Waals surface area contributed by atoms with E-state index >= 15 is 0 Å². The average Bonchev–Trinajstić information content (AvgIpc) is 2.98. The van der Waals surface area contributed by atoms with E-state index in [1.54, 1.807) is 20.8 Å². The highest BCUT2D eigenvalue weighted by atomic mass is 16.6. The van der Waals surface area contributed by atoms with E-state index in [-0.39, 0.29) is 12.5 Å². The largest absolute Gasteiger partial charge is 0.550 e. The highest BCUT2D eigenvalue weighted by Crippen LogP contribution is 2.44. The Morgan fingerprint density at radius 1 is 1.00 bits per heavy atom. The van der Waals surface area contributed by atoms with Crippen molar-refractivity contribution in [3.05, 3.63) is 59.7 Å². The molecule has 0 bridgehead atoms. The molecule has 0 saturated carbocycles. The Morgan fingerprint density at radius 2 is 1.53 bits per heavy atom. The standard InChI is InChI=1S/C23H25NO6/c1-23(2,3)30-22(28)24-19(12-20(25)26)21(27)29-13-18-16-10-6-4-8-14(16)15-9-5-7-11-17(15)18/h4-11,18-19H,12-13H2,1-3H3,(H,24,28)(H,25,26)/p-1/t19-/m0/s1. The minimum Gasteiger partial charge on any atom is -0.550 e. The summed E-state index contributed by atoms with van der Waals surface area (Å²) < 4.78 is 10.5. The van der Waals surface area contributed by atoms with E-state index in [0.717, 1.165) is 22.3 Å². The van der Waals surface area contributed by atoms with Gasteiger partial charge in [-0.3, -0.25) is 0 Å². The fourth-order valence-electron chi connectivity index (χ4n) is 3.52. The molecule has 2 aromatic carbocycles. The number of aliphatic carboxylic acids is 1. The van der Waals surface area contributed by atoms with Gasteiger partial charge in [-0.25, -0.2) is 9.59 Å². The molecule has 7 nitrogen and oxygen atoms in total. The zero-order chi connectivity index (χ0) is 21.9. The van der Waals surface area contributed by atoms with Crippen LogP contribution in [0.4, 0.5) is 4.79 Å². The number of hydrogen-bond donors (Lipinski definition) is 1. The first-order valence-electron chi connectivity index (χ1n) is 9.70. The maximum Gasteiger partial charge on any atom is 0.408 e. The molecule has 3 rings (SSSR count). The Morgan fingerprint density at radius 3 is 2.03 bits per heavy atom. The lowest BCUT2D eigenvalue weighted by Crippen LogP contribution is -2.47. The Bertz CT molecular complexity index is 917. The Kier molecular flexibility index (Phi) is 6.10. The first-order valence-corrected chi connectivity index (χ1v) is 9.70. The highest BCUT2D eigenvalue weighted by Gasteiger charge is 2.31. The van der Waals surface area contributed by atoms with E-state index in [1.807, 2.05) is 48.5 Å². The van der Waals surface area contributed by atoms with Crippen LogP contribution in [0.2, 0.25) is 0 Å². The molecule has 0 aliphatic heterocycles. The number of carboxylic acid groups (broad SMARTS) is 1. The second-order valence-corrected chi connectivity index (χ2v) is 8.13. The molecular formula is C23H24NO6-. The smallest absolute Gasteiger partial charge is 0.408 e. The van der Waals surface area contributed by atoms with Crippen LogP contribution in [0.5, 0.6) is 0 Å². The van der Waals surface area contributed by atoms with Crippen molar-refractivity contribution < 1.29 is 29.0 Å². The molecule has 0 heterocycles. The van der Waals surface area contributed by atoms with Crippen molar-refractivity contribution in [1.29, 1.82) is 0 Å². The summed E-state index contributed by atoms with van der Waals surface area (Å²) in [5.41, 5.74) is 3.42. The monoisotopic (exact) mass is 410 g/mol. The number of amides is 1. The van der Waals surface area contributed by atoms with Crippen molar-refractivity contribution in [2.75, 3.05) is 6.61 Å². The molecular weight excluding hydrogens is 386 g/mol. The summed E-state index contributed by atoms with van der Waals surface area (Å²) in [7, 11) is 0. The summed E-state index contributed by atoms with van der Waals surface area (Å²) in [6.07, 6.45) is -1.61. The predicted molar refractivity (Wildman–Crippen MR) is 107 cm³/mol. The fraction of sp³-hybridized carbons (Fsp3) is 0.348. The van der Waals surface area contributed by atoms with Gasteiger partial charge < -0.3 is 24.7 Å². The number of fused-ring (bicyclic) bond motifs is 3. The number of alkyl carbamates (subject to hydrolysis) is 1. The van der Waals surface area contributed by atoms with E-state index in [9.17, 15) is 19.5 Å². The van der Waals surface area contributed by atoms with Gasteiger partial charge >= 0.3 is 12.1 Å². The van der Waals surface area contributed by atoms with Gasteiger partial charge in [0.15, 0.2) is 0 Å². The van der Waals surface area contributed by atoms with Crippen molar-refractivity contribution in [2.24, 2.45) is 0 Å². The predicted octanol–water partition coefficient (Wildman–Crippen LogP) is 2.38. The number of ether oxygens (including phenoxy) is 2. The Labute approximate surface area is 175 Å². The van der Waals surface area contributed by atoms with Crippen molar-refractivity contribution >= 4 is 18.0 Å². The topological polar surface area (TPSA) is 105 Å². The molecule has 2 aromatic rings. The number of carbonyl (C=O) groups excluding carboxylic acids is 3. The van der Waals surface area contributed by atoms with Gasteiger partial charge in [0.1, 0.15) is 18.2 Å². The molecule has 7 heteroatoms.